The second-order valence-electron chi connectivity index (χ2n) is 3.44. The van der Waals surface area contributed by atoms with E-state index in [0.717, 1.165) is 11.0 Å². The van der Waals surface area contributed by atoms with Crippen molar-refractivity contribution < 1.29 is 4.79 Å². The quantitative estimate of drug-likeness (QED) is 0.787. The molecule has 3 heteroatoms. The molecule has 0 aliphatic rings. The van der Waals surface area contributed by atoms with Crippen LogP contribution in [0, 0.1) is 0 Å². The Hall–Kier alpha value is -1.66. The molecule has 0 aliphatic heterocycles. The highest BCUT2D eigenvalue weighted by molar-refractivity contribution is 7.27. The van der Waals surface area contributed by atoms with Crippen LogP contribution < -0.4 is 10.6 Å². The third-order valence-electron chi connectivity index (χ3n) is 2.20. The summed E-state index contributed by atoms with van der Waals surface area (Å²) in [5, 5.41) is 3.93. The highest BCUT2D eigenvalue weighted by atomic mass is 31.0. The van der Waals surface area contributed by atoms with Gasteiger partial charge in [0.1, 0.15) is 0 Å². The SMILES string of the molecule is O=C(Nc1ccc(P)cc1)c1ccccc1. The molecule has 2 aromatic carbocycles. The normalized spacial score (nSPS) is 9.81. The van der Waals surface area contributed by atoms with Gasteiger partial charge in [0.25, 0.3) is 5.91 Å². The summed E-state index contributed by atoms with van der Waals surface area (Å²) >= 11 is 0. The number of nitrogens with one attached hydrogen (secondary N) is 1. The maximum absolute atomic E-state index is 11.8. The number of hydrogen-bond donors (Lipinski definition) is 1. The van der Waals surface area contributed by atoms with E-state index in [0.29, 0.717) is 5.56 Å². The maximum atomic E-state index is 11.8. The standard InChI is InChI=1S/C13H12NOP/c15-13(10-4-2-1-3-5-10)14-11-6-8-12(16)9-7-11/h1-9H,16H2,(H,14,15). The summed E-state index contributed by atoms with van der Waals surface area (Å²) in [7, 11) is 2.61. The van der Waals surface area contributed by atoms with Crippen LogP contribution in [-0.4, -0.2) is 5.91 Å². The lowest BCUT2D eigenvalue weighted by Crippen LogP contribution is -2.11. The van der Waals surface area contributed by atoms with E-state index in [4.69, 9.17) is 0 Å². The van der Waals surface area contributed by atoms with Crippen LogP contribution in [0.5, 0.6) is 0 Å². The molecule has 0 saturated carbocycles. The molecule has 0 spiro atoms. The minimum Gasteiger partial charge on any atom is -0.322 e. The number of hydrogen-bond acceptors (Lipinski definition) is 1. The average Bonchev–Trinajstić information content (AvgIpc) is 2.33. The number of anilines is 1. The third-order valence-corrected chi connectivity index (χ3v) is 2.59. The van der Waals surface area contributed by atoms with Crippen molar-refractivity contribution in [2.75, 3.05) is 5.32 Å². The molecule has 1 unspecified atom stereocenters. The summed E-state index contributed by atoms with van der Waals surface area (Å²) in [6.07, 6.45) is 0. The zero-order valence-electron chi connectivity index (χ0n) is 8.68. The number of rotatable bonds is 2. The summed E-state index contributed by atoms with van der Waals surface area (Å²) in [6.45, 7) is 0. The molecule has 0 bridgehead atoms. The van der Waals surface area contributed by atoms with Gasteiger partial charge in [-0.05, 0) is 29.6 Å². The molecule has 2 rings (SSSR count). The third kappa shape index (κ3) is 2.68. The van der Waals surface area contributed by atoms with Gasteiger partial charge in [0, 0.05) is 11.3 Å². The van der Waals surface area contributed by atoms with Gasteiger partial charge in [-0.1, -0.05) is 30.3 Å². The van der Waals surface area contributed by atoms with Gasteiger partial charge in [0.15, 0.2) is 0 Å². The van der Waals surface area contributed by atoms with Gasteiger partial charge in [0.2, 0.25) is 0 Å². The number of carbonyl (C=O) groups is 1. The van der Waals surface area contributed by atoms with Crippen molar-refractivity contribution in [2.24, 2.45) is 0 Å². The second-order valence-corrected chi connectivity index (χ2v) is 4.11. The molecule has 1 N–H and O–H groups in total. The molecule has 0 heterocycles. The molecular weight excluding hydrogens is 217 g/mol. The van der Waals surface area contributed by atoms with Crippen molar-refractivity contribution in [2.45, 2.75) is 0 Å². The predicted octanol–water partition coefficient (Wildman–Crippen LogP) is 2.44. The summed E-state index contributed by atoms with van der Waals surface area (Å²) in [4.78, 5) is 11.8. The van der Waals surface area contributed by atoms with Gasteiger partial charge in [-0.2, -0.15) is 0 Å². The van der Waals surface area contributed by atoms with Crippen molar-refractivity contribution in [3.8, 4) is 0 Å². The number of carbonyl (C=O) groups excluding carboxylic acids is 1. The monoisotopic (exact) mass is 229 g/mol. The van der Waals surface area contributed by atoms with E-state index in [9.17, 15) is 4.79 Å². The van der Waals surface area contributed by atoms with Crippen LogP contribution in [0.3, 0.4) is 0 Å². The Morgan fingerprint density at radius 3 is 2.19 bits per heavy atom. The van der Waals surface area contributed by atoms with Gasteiger partial charge in [-0.3, -0.25) is 4.79 Å². The zero-order valence-corrected chi connectivity index (χ0v) is 9.84. The van der Waals surface area contributed by atoms with Gasteiger partial charge in [0.05, 0.1) is 0 Å². The highest BCUT2D eigenvalue weighted by Crippen LogP contribution is 2.08. The van der Waals surface area contributed by atoms with Crippen LogP contribution in [0.4, 0.5) is 5.69 Å². The van der Waals surface area contributed by atoms with Gasteiger partial charge >= 0.3 is 0 Å². The Morgan fingerprint density at radius 1 is 0.938 bits per heavy atom. The van der Waals surface area contributed by atoms with Crippen molar-refractivity contribution in [3.05, 3.63) is 60.2 Å². The van der Waals surface area contributed by atoms with E-state index in [1.54, 1.807) is 12.1 Å². The summed E-state index contributed by atoms with van der Waals surface area (Å²) in [5.41, 5.74) is 1.47. The van der Waals surface area contributed by atoms with Gasteiger partial charge < -0.3 is 5.32 Å². The predicted molar refractivity (Wildman–Crippen MR) is 70.2 cm³/mol. The Labute approximate surface area is 96.9 Å². The van der Waals surface area contributed by atoms with Crippen LogP contribution in [0.25, 0.3) is 0 Å². The van der Waals surface area contributed by atoms with E-state index in [1.165, 1.54) is 0 Å². The first-order valence-corrected chi connectivity index (χ1v) is 5.55. The molecule has 0 aliphatic carbocycles. The van der Waals surface area contributed by atoms with Crippen LogP contribution in [-0.2, 0) is 0 Å². The molecule has 0 fully saturated rings. The first-order valence-electron chi connectivity index (χ1n) is 4.97. The van der Waals surface area contributed by atoms with Crippen LogP contribution in [0.2, 0.25) is 0 Å². The lowest BCUT2D eigenvalue weighted by Gasteiger charge is -2.05. The molecule has 0 aromatic heterocycles. The number of benzene rings is 2. The van der Waals surface area contributed by atoms with Crippen molar-refractivity contribution in [3.63, 3.8) is 0 Å². The van der Waals surface area contributed by atoms with Gasteiger partial charge in [-0.25, -0.2) is 0 Å². The lowest BCUT2D eigenvalue weighted by atomic mass is 10.2. The molecule has 80 valence electrons. The van der Waals surface area contributed by atoms with E-state index in [1.807, 2.05) is 42.5 Å². The molecule has 2 aromatic rings. The molecule has 1 atom stereocenters. The maximum Gasteiger partial charge on any atom is 0.255 e. The van der Waals surface area contributed by atoms with Crippen LogP contribution >= 0.6 is 9.24 Å². The first kappa shape index (κ1) is 10.8. The second kappa shape index (κ2) is 4.91. The van der Waals surface area contributed by atoms with Crippen LogP contribution in [0.1, 0.15) is 10.4 Å². The van der Waals surface area contributed by atoms with Crippen LogP contribution in [0.15, 0.2) is 54.6 Å². The topological polar surface area (TPSA) is 29.1 Å². The molecule has 0 saturated heterocycles. The number of amides is 1. The fourth-order valence-corrected chi connectivity index (χ4v) is 1.55. The highest BCUT2D eigenvalue weighted by Gasteiger charge is 2.03. The van der Waals surface area contributed by atoms with E-state index in [-0.39, 0.29) is 5.91 Å². The Balaban J connectivity index is 2.11. The largest absolute Gasteiger partial charge is 0.322 e. The van der Waals surface area contributed by atoms with Gasteiger partial charge in [-0.15, -0.1) is 9.24 Å². The zero-order chi connectivity index (χ0) is 11.4. The van der Waals surface area contributed by atoms with E-state index < -0.39 is 0 Å². The molecule has 2 nitrogen and oxygen atoms in total. The molecule has 16 heavy (non-hydrogen) atoms. The fourth-order valence-electron chi connectivity index (χ4n) is 1.36. The molecule has 1 amide bonds. The smallest absolute Gasteiger partial charge is 0.255 e. The van der Waals surface area contributed by atoms with E-state index in [2.05, 4.69) is 14.6 Å². The van der Waals surface area contributed by atoms with Crippen molar-refractivity contribution in [1.29, 1.82) is 0 Å². The average molecular weight is 229 g/mol. The summed E-state index contributed by atoms with van der Waals surface area (Å²) in [5.74, 6) is -0.0860. The lowest BCUT2D eigenvalue weighted by molar-refractivity contribution is 0.102. The van der Waals surface area contributed by atoms with Crippen molar-refractivity contribution >= 4 is 26.1 Å². The first-order chi connectivity index (χ1) is 7.75. The van der Waals surface area contributed by atoms with Crippen molar-refractivity contribution in [1.82, 2.24) is 0 Å². The Bertz CT molecular complexity index is 479. The fraction of sp³-hybridized carbons (Fsp3) is 0. The van der Waals surface area contributed by atoms with E-state index >= 15 is 0 Å². The summed E-state index contributed by atoms with van der Waals surface area (Å²) < 4.78 is 0. The molecule has 0 radical (unpaired) electrons. The molecular formula is C13H12NOP. The minimum absolute atomic E-state index is 0.0860. The minimum atomic E-state index is -0.0860. The summed E-state index contributed by atoms with van der Waals surface area (Å²) in [6, 6.07) is 16.8. The Kier molecular flexibility index (Phi) is 3.33. The Morgan fingerprint density at radius 2 is 1.56 bits per heavy atom.